The van der Waals surface area contributed by atoms with Gasteiger partial charge >= 0.3 is 0 Å². The summed E-state index contributed by atoms with van der Waals surface area (Å²) in [6, 6.07) is 10.9. The Morgan fingerprint density at radius 1 is 1.17 bits per heavy atom. The van der Waals surface area contributed by atoms with E-state index in [0.717, 1.165) is 29.5 Å². The molecular formula is C37H42FNO7. The molecule has 3 saturated carbocycles. The quantitative estimate of drug-likeness (QED) is 0.399. The summed E-state index contributed by atoms with van der Waals surface area (Å²) in [4.78, 5) is 26.1. The zero-order valence-corrected chi connectivity index (χ0v) is 26.5. The zero-order valence-electron chi connectivity index (χ0n) is 26.5. The maximum atomic E-state index is 16.3. The predicted molar refractivity (Wildman–Crippen MR) is 167 cm³/mol. The summed E-state index contributed by atoms with van der Waals surface area (Å²) < 4.78 is 35.4. The Hall–Kier alpha value is -3.21. The third-order valence-corrected chi connectivity index (χ3v) is 12.1. The van der Waals surface area contributed by atoms with Gasteiger partial charge in [-0.2, -0.15) is 0 Å². The van der Waals surface area contributed by atoms with Gasteiger partial charge in [0.1, 0.15) is 13.2 Å². The number of nitrogens with two attached hydrogens (primary N) is 1. The van der Waals surface area contributed by atoms with Crippen LogP contribution in [-0.4, -0.2) is 46.2 Å². The van der Waals surface area contributed by atoms with Gasteiger partial charge < -0.3 is 30.2 Å². The molecule has 0 spiro atoms. The lowest BCUT2D eigenvalue weighted by atomic mass is 9.46. The van der Waals surface area contributed by atoms with Crippen LogP contribution in [0.4, 0.5) is 4.39 Å². The second-order valence-corrected chi connectivity index (χ2v) is 14.2. The number of allylic oxidation sites excluding steroid dienone is 4. The van der Waals surface area contributed by atoms with Crippen molar-refractivity contribution in [3.05, 3.63) is 88.3 Å². The van der Waals surface area contributed by atoms with Crippen molar-refractivity contribution in [3.8, 4) is 5.75 Å². The topological polar surface area (TPSA) is 128 Å². The molecule has 2 aromatic rings. The van der Waals surface area contributed by atoms with Gasteiger partial charge in [0.25, 0.3) is 0 Å². The van der Waals surface area contributed by atoms with Gasteiger partial charge in [0.05, 0.1) is 17.8 Å². The number of aryl methyl sites for hydroxylation is 1. The third-order valence-electron chi connectivity index (χ3n) is 12.1. The first-order chi connectivity index (χ1) is 22.0. The molecule has 0 unspecified atom stereocenters. The number of aliphatic hydroxyl groups excluding tert-OH is 2. The maximum absolute atomic E-state index is 16.3. The molecule has 0 bridgehead atoms. The van der Waals surface area contributed by atoms with Gasteiger partial charge in [-0.05, 0) is 79.4 Å². The third kappa shape index (κ3) is 4.35. The van der Waals surface area contributed by atoms with E-state index in [1.165, 1.54) is 0 Å². The van der Waals surface area contributed by atoms with Gasteiger partial charge in [-0.25, -0.2) is 4.39 Å². The van der Waals surface area contributed by atoms with E-state index in [1.54, 1.807) is 31.2 Å². The first kappa shape index (κ1) is 31.4. The van der Waals surface area contributed by atoms with Crippen LogP contribution in [0.5, 0.6) is 5.75 Å². The van der Waals surface area contributed by atoms with Crippen LogP contribution in [0, 0.1) is 41.3 Å². The van der Waals surface area contributed by atoms with E-state index in [2.05, 4.69) is 6.92 Å². The molecule has 46 heavy (non-hydrogen) atoms. The molecule has 4 fully saturated rings. The minimum atomic E-state index is -1.58. The lowest BCUT2D eigenvalue weighted by molar-refractivity contribution is -0.201. The number of fused-ring (bicyclic) bond motifs is 7. The van der Waals surface area contributed by atoms with Gasteiger partial charge in [-0.15, -0.1) is 0 Å². The number of ketones is 2. The fourth-order valence-corrected chi connectivity index (χ4v) is 9.94. The Morgan fingerprint density at radius 3 is 2.67 bits per heavy atom. The molecule has 1 saturated heterocycles. The van der Waals surface area contributed by atoms with Gasteiger partial charge in [-0.3, -0.25) is 9.59 Å². The van der Waals surface area contributed by atoms with E-state index < -0.39 is 53.1 Å². The summed E-state index contributed by atoms with van der Waals surface area (Å²) in [5.41, 5.74) is 6.45. The normalized spacial score (nSPS) is 37.6. The van der Waals surface area contributed by atoms with Crippen LogP contribution in [-0.2, 0) is 32.2 Å². The number of hydrogen-bond donors (Lipinski definition) is 3. The number of benzene rings is 2. The van der Waals surface area contributed by atoms with Gasteiger partial charge in [0.15, 0.2) is 35.0 Å². The molecule has 0 radical (unpaired) electrons. The van der Waals surface area contributed by atoms with Crippen LogP contribution >= 0.6 is 0 Å². The number of rotatable bonds is 7. The molecule has 2 aromatic carbocycles. The van der Waals surface area contributed by atoms with Gasteiger partial charge in [0.2, 0.25) is 0 Å². The predicted octanol–water partition coefficient (Wildman–Crippen LogP) is 4.77. The van der Waals surface area contributed by atoms with Crippen LogP contribution in [0.3, 0.4) is 0 Å². The standard InChI is InChI=1S/C37H42FNO7/c1-20-8-11-28(44-19-22-7-5-4-6-21(22)17-39)33(38)31(20)34-45-30-15-26-25-10-9-23-14-24(41)12-13-35(23,2)32(25)27(42)16-36(26,3)37(30,46-34)29(43)18-40/h4-8,11-14,25-27,30,32,34,40,42H,9-10,15-19,39H2,1-3H3/t25-,26-,27-,30+,32+,34+,35-,36-,37+/m0/s1. The Labute approximate surface area is 268 Å². The van der Waals surface area contributed by atoms with Crippen LogP contribution in [0.15, 0.2) is 60.2 Å². The maximum Gasteiger partial charge on any atom is 0.193 e. The minimum absolute atomic E-state index is 0.0255. The highest BCUT2D eigenvalue weighted by Crippen LogP contribution is 2.70. The van der Waals surface area contributed by atoms with Crippen LogP contribution in [0.2, 0.25) is 0 Å². The molecule has 9 heteroatoms. The molecule has 244 valence electrons. The number of carbonyl (C=O) groups excluding carboxylic acids is 2. The average molecular weight is 632 g/mol. The van der Waals surface area contributed by atoms with Crippen molar-refractivity contribution in [2.24, 2.45) is 34.3 Å². The molecular weight excluding hydrogens is 589 g/mol. The van der Waals surface area contributed by atoms with Crippen molar-refractivity contribution in [1.29, 1.82) is 0 Å². The van der Waals surface area contributed by atoms with Crippen molar-refractivity contribution in [2.75, 3.05) is 6.61 Å². The first-order valence-electron chi connectivity index (χ1n) is 16.3. The number of ether oxygens (including phenoxy) is 3. The van der Waals surface area contributed by atoms with E-state index in [9.17, 15) is 19.8 Å². The van der Waals surface area contributed by atoms with Crippen molar-refractivity contribution >= 4 is 11.6 Å². The van der Waals surface area contributed by atoms with Crippen LogP contribution < -0.4 is 10.5 Å². The molecule has 4 aliphatic carbocycles. The summed E-state index contributed by atoms with van der Waals surface area (Å²) in [6.45, 7) is 5.49. The SMILES string of the molecule is Cc1ccc(OCc2ccccc2CN)c(F)c1[C@@H]1O[C@@H]2C[C@H]3[C@@H]4CCC5=CC(=O)C=C[C@]5(C)[C@H]4[C@@H](O)C[C@]3(C)[C@]2(C(=O)CO)O1. The highest BCUT2D eigenvalue weighted by Gasteiger charge is 2.76. The van der Waals surface area contributed by atoms with Gasteiger partial charge in [-0.1, -0.05) is 55.8 Å². The monoisotopic (exact) mass is 631 g/mol. The highest BCUT2D eigenvalue weighted by molar-refractivity contribution is 6.01. The Morgan fingerprint density at radius 2 is 1.93 bits per heavy atom. The number of aliphatic hydroxyl groups is 2. The number of carbonyl (C=O) groups is 2. The fourth-order valence-electron chi connectivity index (χ4n) is 9.94. The summed E-state index contributed by atoms with van der Waals surface area (Å²) in [6.07, 6.45) is 4.67. The average Bonchev–Trinajstić information content (AvgIpc) is 3.53. The molecule has 4 N–H and O–H groups in total. The molecule has 8 nitrogen and oxygen atoms in total. The Kier molecular flexibility index (Phi) is 7.64. The smallest absolute Gasteiger partial charge is 0.193 e. The molecule has 0 amide bonds. The Balaban J connectivity index is 1.21. The second kappa shape index (κ2) is 11.2. The number of halogens is 1. The summed E-state index contributed by atoms with van der Waals surface area (Å²) in [5.74, 6) is -1.35. The first-order valence-corrected chi connectivity index (χ1v) is 16.3. The second-order valence-electron chi connectivity index (χ2n) is 14.2. The lowest BCUT2D eigenvalue weighted by Gasteiger charge is -2.59. The molecule has 1 heterocycles. The van der Waals surface area contributed by atoms with Gasteiger partial charge in [0, 0.05) is 23.3 Å². The number of hydrogen-bond acceptors (Lipinski definition) is 8. The lowest BCUT2D eigenvalue weighted by Crippen LogP contribution is -2.63. The van der Waals surface area contributed by atoms with E-state index in [0.29, 0.717) is 18.5 Å². The highest BCUT2D eigenvalue weighted by atomic mass is 19.1. The number of Topliss-reactive ketones (excluding diaryl/α,β-unsaturated/α-hetero) is 1. The van der Waals surface area contributed by atoms with E-state index in [-0.39, 0.29) is 47.9 Å². The largest absolute Gasteiger partial charge is 0.486 e. The minimum Gasteiger partial charge on any atom is -0.486 e. The van der Waals surface area contributed by atoms with Crippen molar-refractivity contribution < 1.29 is 38.4 Å². The van der Waals surface area contributed by atoms with E-state index in [4.69, 9.17) is 19.9 Å². The van der Waals surface area contributed by atoms with E-state index >= 15 is 4.39 Å². The summed E-state index contributed by atoms with van der Waals surface area (Å²) in [7, 11) is 0. The summed E-state index contributed by atoms with van der Waals surface area (Å²) in [5, 5.41) is 22.2. The molecule has 9 atom stereocenters. The fraction of sp³-hybridized carbons (Fsp3) is 0.514. The summed E-state index contributed by atoms with van der Waals surface area (Å²) >= 11 is 0. The van der Waals surface area contributed by atoms with E-state index in [1.807, 2.05) is 37.3 Å². The molecule has 0 aromatic heterocycles. The Bertz CT molecular complexity index is 1650. The molecule has 7 rings (SSSR count). The van der Waals surface area contributed by atoms with Crippen molar-refractivity contribution in [2.45, 2.75) is 83.7 Å². The molecule has 5 aliphatic rings. The van der Waals surface area contributed by atoms with Crippen LogP contribution in [0.25, 0.3) is 0 Å². The zero-order chi connectivity index (χ0) is 32.6. The van der Waals surface area contributed by atoms with Crippen LogP contribution in [0.1, 0.15) is 68.1 Å². The molecule has 1 aliphatic heterocycles. The van der Waals surface area contributed by atoms with Crippen molar-refractivity contribution in [1.82, 2.24) is 0 Å². The van der Waals surface area contributed by atoms with Crippen molar-refractivity contribution in [3.63, 3.8) is 0 Å².